The standard InChI is InChI=1S/C10H8F2N2O2/c1-5-4-14-7(2-8(15)16)6(3-13)9(5)10(11)12/h4,10H,2H2,1H3,(H,15,16). The molecule has 0 aliphatic carbocycles. The first-order valence-corrected chi connectivity index (χ1v) is 4.35. The summed E-state index contributed by atoms with van der Waals surface area (Å²) >= 11 is 0. The minimum absolute atomic E-state index is 0.129. The maximum atomic E-state index is 12.7. The van der Waals surface area contributed by atoms with E-state index in [1.54, 1.807) is 6.07 Å². The lowest BCUT2D eigenvalue weighted by molar-refractivity contribution is -0.136. The van der Waals surface area contributed by atoms with Gasteiger partial charge >= 0.3 is 5.97 Å². The molecule has 0 bridgehead atoms. The van der Waals surface area contributed by atoms with E-state index in [2.05, 4.69) is 4.98 Å². The van der Waals surface area contributed by atoms with Crippen LogP contribution in [0, 0.1) is 18.3 Å². The molecule has 0 saturated heterocycles. The van der Waals surface area contributed by atoms with E-state index in [1.165, 1.54) is 6.92 Å². The highest BCUT2D eigenvalue weighted by atomic mass is 19.3. The second kappa shape index (κ2) is 4.66. The van der Waals surface area contributed by atoms with E-state index in [4.69, 9.17) is 10.4 Å². The lowest BCUT2D eigenvalue weighted by Gasteiger charge is -2.09. The predicted octanol–water partition coefficient (Wildman–Crippen LogP) is 1.83. The molecule has 1 aromatic rings. The van der Waals surface area contributed by atoms with Crippen molar-refractivity contribution in [1.29, 1.82) is 5.26 Å². The van der Waals surface area contributed by atoms with Crippen molar-refractivity contribution >= 4 is 5.97 Å². The van der Waals surface area contributed by atoms with Crippen LogP contribution in [0.15, 0.2) is 6.20 Å². The van der Waals surface area contributed by atoms with Gasteiger partial charge in [0.2, 0.25) is 0 Å². The molecule has 0 saturated carbocycles. The van der Waals surface area contributed by atoms with Crippen LogP contribution >= 0.6 is 0 Å². The average molecular weight is 226 g/mol. The van der Waals surface area contributed by atoms with Crippen molar-refractivity contribution < 1.29 is 18.7 Å². The molecular formula is C10H8F2N2O2. The summed E-state index contributed by atoms with van der Waals surface area (Å²) < 4.78 is 25.3. The monoisotopic (exact) mass is 226 g/mol. The van der Waals surface area contributed by atoms with Crippen LogP contribution in [0.4, 0.5) is 8.78 Å². The van der Waals surface area contributed by atoms with Crippen molar-refractivity contribution in [3.63, 3.8) is 0 Å². The number of nitrogens with zero attached hydrogens (tertiary/aromatic N) is 2. The Bertz CT molecular complexity index is 467. The van der Waals surface area contributed by atoms with E-state index < -0.39 is 24.4 Å². The smallest absolute Gasteiger partial charge is 0.309 e. The number of rotatable bonds is 3. The molecule has 4 nitrogen and oxygen atoms in total. The Hall–Kier alpha value is -2.03. The van der Waals surface area contributed by atoms with Gasteiger partial charge in [-0.3, -0.25) is 9.78 Å². The molecule has 1 aromatic heterocycles. The molecule has 0 amide bonds. The van der Waals surface area contributed by atoms with Crippen LogP contribution in [0.3, 0.4) is 0 Å². The normalized spacial score (nSPS) is 10.2. The second-order valence-electron chi connectivity index (χ2n) is 3.16. The summed E-state index contributed by atoms with van der Waals surface area (Å²) in [6.07, 6.45) is -2.20. The predicted molar refractivity (Wildman–Crippen MR) is 50.0 cm³/mol. The SMILES string of the molecule is Cc1cnc(CC(=O)O)c(C#N)c1C(F)F. The quantitative estimate of drug-likeness (QED) is 0.853. The van der Waals surface area contributed by atoms with E-state index in [9.17, 15) is 13.6 Å². The van der Waals surface area contributed by atoms with Crippen molar-refractivity contribution in [2.24, 2.45) is 0 Å². The molecule has 6 heteroatoms. The number of carboxylic acids is 1. The Morgan fingerprint density at radius 3 is 2.75 bits per heavy atom. The molecule has 0 unspecified atom stereocenters. The number of hydrogen-bond donors (Lipinski definition) is 1. The van der Waals surface area contributed by atoms with E-state index in [1.807, 2.05) is 0 Å². The van der Waals surface area contributed by atoms with E-state index in [0.29, 0.717) is 0 Å². The topological polar surface area (TPSA) is 74.0 Å². The highest BCUT2D eigenvalue weighted by molar-refractivity contribution is 5.71. The Labute approximate surface area is 90.2 Å². The molecule has 0 fully saturated rings. The van der Waals surface area contributed by atoms with Gasteiger partial charge in [0, 0.05) is 11.8 Å². The van der Waals surface area contributed by atoms with Crippen LogP contribution < -0.4 is 0 Å². The van der Waals surface area contributed by atoms with Crippen LogP contribution in [0.5, 0.6) is 0 Å². The number of halogens is 2. The van der Waals surface area contributed by atoms with Crippen LogP contribution in [-0.4, -0.2) is 16.1 Å². The molecule has 84 valence electrons. The Morgan fingerprint density at radius 1 is 1.69 bits per heavy atom. The van der Waals surface area contributed by atoms with Crippen LogP contribution in [0.1, 0.15) is 28.8 Å². The summed E-state index contributed by atoms with van der Waals surface area (Å²) in [7, 11) is 0. The largest absolute Gasteiger partial charge is 0.481 e. The Kier molecular flexibility index (Phi) is 3.51. The molecule has 0 aliphatic heterocycles. The molecule has 1 heterocycles. The van der Waals surface area contributed by atoms with Gasteiger partial charge in [-0.25, -0.2) is 8.78 Å². The zero-order chi connectivity index (χ0) is 12.3. The van der Waals surface area contributed by atoms with Crippen molar-refractivity contribution in [2.45, 2.75) is 19.8 Å². The first-order chi connectivity index (χ1) is 7.47. The van der Waals surface area contributed by atoms with E-state index >= 15 is 0 Å². The number of nitriles is 1. The fourth-order valence-electron chi connectivity index (χ4n) is 1.34. The third-order valence-corrected chi connectivity index (χ3v) is 2.05. The fraction of sp³-hybridized carbons (Fsp3) is 0.300. The lowest BCUT2D eigenvalue weighted by Crippen LogP contribution is -2.08. The highest BCUT2D eigenvalue weighted by Crippen LogP contribution is 2.27. The maximum absolute atomic E-state index is 12.7. The van der Waals surface area contributed by atoms with Gasteiger partial charge in [0.1, 0.15) is 6.07 Å². The molecule has 0 atom stereocenters. The van der Waals surface area contributed by atoms with Crippen molar-refractivity contribution in [1.82, 2.24) is 4.98 Å². The van der Waals surface area contributed by atoms with E-state index in [0.717, 1.165) is 6.20 Å². The number of aryl methyl sites for hydroxylation is 1. The number of pyridine rings is 1. The number of hydrogen-bond acceptors (Lipinski definition) is 3. The van der Waals surface area contributed by atoms with Gasteiger partial charge in [-0.1, -0.05) is 0 Å². The van der Waals surface area contributed by atoms with Crippen molar-refractivity contribution in [3.05, 3.63) is 28.6 Å². The first-order valence-electron chi connectivity index (χ1n) is 4.35. The van der Waals surface area contributed by atoms with Gasteiger partial charge in [0.05, 0.1) is 17.7 Å². The minimum atomic E-state index is -2.81. The number of alkyl halides is 2. The Balaban J connectivity index is 3.38. The van der Waals surface area contributed by atoms with Crippen LogP contribution in [-0.2, 0) is 11.2 Å². The van der Waals surface area contributed by atoms with Crippen molar-refractivity contribution in [2.75, 3.05) is 0 Å². The van der Waals surface area contributed by atoms with Gasteiger partial charge in [0.15, 0.2) is 0 Å². The van der Waals surface area contributed by atoms with Crippen molar-refractivity contribution in [3.8, 4) is 6.07 Å². The number of aromatic nitrogens is 1. The molecule has 0 aliphatic rings. The van der Waals surface area contributed by atoms with Gasteiger partial charge in [-0.05, 0) is 12.5 Å². The first kappa shape index (κ1) is 12.0. The molecular weight excluding hydrogens is 218 g/mol. The molecule has 0 aromatic carbocycles. The number of aliphatic carboxylic acids is 1. The van der Waals surface area contributed by atoms with Gasteiger partial charge in [-0.15, -0.1) is 0 Å². The molecule has 1 rings (SSSR count). The highest BCUT2D eigenvalue weighted by Gasteiger charge is 2.21. The number of carboxylic acid groups (broad SMARTS) is 1. The lowest BCUT2D eigenvalue weighted by atomic mass is 10.0. The summed E-state index contributed by atoms with van der Waals surface area (Å²) in [5.74, 6) is -1.21. The summed E-state index contributed by atoms with van der Waals surface area (Å²) in [5.41, 5.74) is -0.720. The molecule has 0 spiro atoms. The summed E-state index contributed by atoms with van der Waals surface area (Å²) in [4.78, 5) is 14.2. The molecule has 16 heavy (non-hydrogen) atoms. The minimum Gasteiger partial charge on any atom is -0.481 e. The Morgan fingerprint density at radius 2 is 2.31 bits per heavy atom. The zero-order valence-electron chi connectivity index (χ0n) is 8.37. The summed E-state index contributed by atoms with van der Waals surface area (Å²) in [5, 5.41) is 17.3. The third-order valence-electron chi connectivity index (χ3n) is 2.05. The maximum Gasteiger partial charge on any atom is 0.309 e. The zero-order valence-corrected chi connectivity index (χ0v) is 8.37. The molecule has 0 radical (unpaired) electrons. The summed E-state index contributed by atoms with van der Waals surface area (Å²) in [6.45, 7) is 1.40. The van der Waals surface area contributed by atoms with Crippen LogP contribution in [0.25, 0.3) is 0 Å². The number of carbonyl (C=O) groups is 1. The average Bonchev–Trinajstić information content (AvgIpc) is 2.18. The second-order valence-corrected chi connectivity index (χ2v) is 3.16. The van der Waals surface area contributed by atoms with Crippen LogP contribution in [0.2, 0.25) is 0 Å². The van der Waals surface area contributed by atoms with Gasteiger partial charge in [-0.2, -0.15) is 5.26 Å². The summed E-state index contributed by atoms with van der Waals surface area (Å²) in [6, 6.07) is 1.59. The molecule has 1 N–H and O–H groups in total. The third kappa shape index (κ3) is 2.31. The van der Waals surface area contributed by atoms with Gasteiger partial charge in [0.25, 0.3) is 6.43 Å². The van der Waals surface area contributed by atoms with Gasteiger partial charge < -0.3 is 5.11 Å². The fourth-order valence-corrected chi connectivity index (χ4v) is 1.34. The van der Waals surface area contributed by atoms with E-state index in [-0.39, 0.29) is 16.8 Å².